The third kappa shape index (κ3) is 57.2. The molecule has 69 heavy (non-hydrogen) atoms. The zero-order valence-corrected chi connectivity index (χ0v) is 47.1. The van der Waals surface area contributed by atoms with E-state index in [0.717, 1.165) is 57.8 Å². The molecular weight excluding hydrogens is 853 g/mol. The van der Waals surface area contributed by atoms with Gasteiger partial charge in [-0.15, -0.1) is 0 Å². The van der Waals surface area contributed by atoms with Crippen molar-refractivity contribution < 1.29 is 28.6 Å². The number of carbonyl (C=O) groups excluding carboxylic acids is 3. The van der Waals surface area contributed by atoms with Gasteiger partial charge < -0.3 is 14.2 Å². The van der Waals surface area contributed by atoms with Crippen molar-refractivity contribution in [2.24, 2.45) is 0 Å². The molecule has 410 valence electrons. The average molecular weight is 976 g/mol. The number of ether oxygens (including phenoxy) is 3. The number of esters is 3. The van der Waals surface area contributed by atoms with Gasteiger partial charge >= 0.3 is 17.9 Å². The van der Waals surface area contributed by atoms with Crippen LogP contribution in [0.5, 0.6) is 0 Å². The Hall–Kier alpha value is -1.59. The van der Waals surface area contributed by atoms with Crippen LogP contribution in [0.2, 0.25) is 0 Å². The Labute approximate surface area is 431 Å². The van der Waals surface area contributed by atoms with Gasteiger partial charge in [0, 0.05) is 19.3 Å². The highest BCUT2D eigenvalue weighted by atomic mass is 16.6. The monoisotopic (exact) mass is 975 g/mol. The van der Waals surface area contributed by atoms with E-state index in [4.69, 9.17) is 14.2 Å². The quantitative estimate of drug-likeness (QED) is 0.0343. The van der Waals surface area contributed by atoms with Crippen LogP contribution in [0.25, 0.3) is 0 Å². The van der Waals surface area contributed by atoms with Crippen LogP contribution in [0.1, 0.15) is 367 Å². The lowest BCUT2D eigenvalue weighted by atomic mass is 10.0. The lowest BCUT2D eigenvalue weighted by Crippen LogP contribution is -2.30. The Morgan fingerprint density at radius 3 is 0.580 bits per heavy atom. The maximum atomic E-state index is 12.9. The molecule has 0 unspecified atom stereocenters. The van der Waals surface area contributed by atoms with E-state index in [2.05, 4.69) is 20.8 Å². The Morgan fingerprint density at radius 2 is 0.391 bits per heavy atom. The largest absolute Gasteiger partial charge is 0.462 e. The molecule has 0 amide bonds. The van der Waals surface area contributed by atoms with Gasteiger partial charge in [0.2, 0.25) is 0 Å². The van der Waals surface area contributed by atoms with Gasteiger partial charge in [-0.05, 0) is 19.3 Å². The molecule has 6 heteroatoms. The highest BCUT2D eigenvalue weighted by molar-refractivity contribution is 5.71. The number of carbonyl (C=O) groups is 3. The van der Waals surface area contributed by atoms with Crippen molar-refractivity contribution in [2.75, 3.05) is 13.2 Å². The van der Waals surface area contributed by atoms with E-state index < -0.39 is 6.10 Å². The van der Waals surface area contributed by atoms with Crippen molar-refractivity contribution in [3.8, 4) is 0 Å². The van der Waals surface area contributed by atoms with Crippen LogP contribution >= 0.6 is 0 Å². The van der Waals surface area contributed by atoms with Crippen molar-refractivity contribution in [3.05, 3.63) is 0 Å². The second kappa shape index (κ2) is 59.0. The SMILES string of the molecule is CCCCCCCCCCCCCCCCCCCCCC(=O)OC[C@H](COC(=O)CCCCCCCCCCCCCCC)OC(=O)CCCCCCCCCCCCCCCCCCCCC. The van der Waals surface area contributed by atoms with Crippen molar-refractivity contribution >= 4 is 17.9 Å². The molecule has 0 bridgehead atoms. The maximum Gasteiger partial charge on any atom is 0.306 e. The fraction of sp³-hybridized carbons (Fsp3) is 0.952. The van der Waals surface area contributed by atoms with Crippen molar-refractivity contribution in [2.45, 2.75) is 374 Å². The van der Waals surface area contributed by atoms with E-state index in [1.165, 1.54) is 270 Å². The predicted molar refractivity (Wildman–Crippen MR) is 298 cm³/mol. The Morgan fingerprint density at radius 1 is 0.232 bits per heavy atom. The first kappa shape index (κ1) is 67.4. The molecule has 0 saturated carbocycles. The maximum absolute atomic E-state index is 12.9. The van der Waals surface area contributed by atoms with Gasteiger partial charge in [0.25, 0.3) is 0 Å². The predicted octanol–water partition coefficient (Wildman–Crippen LogP) is 21.1. The first-order valence-electron chi connectivity index (χ1n) is 31.5. The van der Waals surface area contributed by atoms with E-state index in [-0.39, 0.29) is 31.1 Å². The summed E-state index contributed by atoms with van der Waals surface area (Å²) in [5.74, 6) is -0.826. The molecule has 0 aromatic heterocycles. The van der Waals surface area contributed by atoms with Gasteiger partial charge in [-0.2, -0.15) is 0 Å². The molecule has 0 saturated heterocycles. The normalized spacial score (nSPS) is 11.9. The molecule has 0 rings (SSSR count). The Kier molecular flexibility index (Phi) is 57.6. The molecule has 1 atom stereocenters. The van der Waals surface area contributed by atoms with Crippen molar-refractivity contribution in [1.82, 2.24) is 0 Å². The van der Waals surface area contributed by atoms with Crippen LogP contribution < -0.4 is 0 Å². The fourth-order valence-corrected chi connectivity index (χ4v) is 9.86. The standard InChI is InChI=1S/C63H122O6/c1-4-7-10-13-16-19-22-25-27-29-31-33-35-38-41-44-47-50-53-56-62(65)68-59-60(58-67-61(64)55-52-49-46-43-40-37-24-21-18-15-12-9-6-3)69-63(66)57-54-51-48-45-42-39-36-34-32-30-28-26-23-20-17-14-11-8-5-2/h60H,4-59H2,1-3H3/t60-/m0/s1. The highest BCUT2D eigenvalue weighted by Gasteiger charge is 2.19. The second-order valence-electron chi connectivity index (χ2n) is 21.7. The molecule has 0 spiro atoms. The Balaban J connectivity index is 4.25. The zero-order chi connectivity index (χ0) is 50.0. The average Bonchev–Trinajstić information content (AvgIpc) is 3.35. The number of hydrogen-bond acceptors (Lipinski definition) is 6. The Bertz CT molecular complexity index is 1030. The van der Waals surface area contributed by atoms with Gasteiger partial charge in [-0.25, -0.2) is 0 Å². The first-order chi connectivity index (χ1) is 34.0. The highest BCUT2D eigenvalue weighted by Crippen LogP contribution is 2.18. The van der Waals surface area contributed by atoms with E-state index in [9.17, 15) is 14.4 Å². The summed E-state index contributed by atoms with van der Waals surface area (Å²) in [4.78, 5) is 38.2. The van der Waals surface area contributed by atoms with Crippen LogP contribution in [0.4, 0.5) is 0 Å². The van der Waals surface area contributed by atoms with Gasteiger partial charge in [0.05, 0.1) is 0 Å². The molecule has 0 aliphatic carbocycles. The van der Waals surface area contributed by atoms with Crippen LogP contribution in [0.15, 0.2) is 0 Å². The van der Waals surface area contributed by atoms with Crippen molar-refractivity contribution in [3.63, 3.8) is 0 Å². The summed E-state index contributed by atoms with van der Waals surface area (Å²) >= 11 is 0. The molecule has 0 fully saturated rings. The fourth-order valence-electron chi connectivity index (χ4n) is 9.86. The summed E-state index contributed by atoms with van der Waals surface area (Å²) in [6.45, 7) is 6.72. The number of hydrogen-bond donors (Lipinski definition) is 0. The molecule has 0 aliphatic rings. The molecule has 0 aromatic carbocycles. The van der Waals surface area contributed by atoms with E-state index in [0.29, 0.717) is 19.3 Å². The minimum absolute atomic E-state index is 0.0606. The van der Waals surface area contributed by atoms with Crippen LogP contribution in [-0.4, -0.2) is 37.2 Å². The van der Waals surface area contributed by atoms with Crippen LogP contribution in [0, 0.1) is 0 Å². The molecule has 0 aromatic rings. The topological polar surface area (TPSA) is 78.9 Å². The third-order valence-corrected chi connectivity index (χ3v) is 14.6. The third-order valence-electron chi connectivity index (χ3n) is 14.6. The van der Waals surface area contributed by atoms with Crippen molar-refractivity contribution in [1.29, 1.82) is 0 Å². The summed E-state index contributed by atoms with van der Waals surface area (Å²) in [6, 6.07) is 0. The molecule has 0 aliphatic heterocycles. The minimum Gasteiger partial charge on any atom is -0.462 e. The summed E-state index contributed by atoms with van der Waals surface area (Å²) in [7, 11) is 0. The second-order valence-corrected chi connectivity index (χ2v) is 21.7. The van der Waals surface area contributed by atoms with Crippen LogP contribution in [-0.2, 0) is 28.6 Å². The summed E-state index contributed by atoms with van der Waals surface area (Å²) in [6.07, 6.45) is 66.7. The van der Waals surface area contributed by atoms with Gasteiger partial charge in [0.1, 0.15) is 13.2 Å². The molecule has 0 heterocycles. The molecular formula is C63H122O6. The van der Waals surface area contributed by atoms with E-state index in [1.54, 1.807) is 0 Å². The van der Waals surface area contributed by atoms with E-state index in [1.807, 2.05) is 0 Å². The summed E-state index contributed by atoms with van der Waals surface area (Å²) in [5.41, 5.74) is 0. The molecule has 0 N–H and O–H groups in total. The first-order valence-corrected chi connectivity index (χ1v) is 31.5. The van der Waals surface area contributed by atoms with Gasteiger partial charge in [0.15, 0.2) is 6.10 Å². The zero-order valence-electron chi connectivity index (χ0n) is 47.1. The lowest BCUT2D eigenvalue weighted by molar-refractivity contribution is -0.167. The van der Waals surface area contributed by atoms with Gasteiger partial charge in [-0.1, -0.05) is 329 Å². The number of rotatable bonds is 59. The minimum atomic E-state index is -0.762. The number of unbranched alkanes of at least 4 members (excludes halogenated alkanes) is 48. The summed E-state index contributed by atoms with van der Waals surface area (Å²) < 4.78 is 16.9. The lowest BCUT2D eigenvalue weighted by Gasteiger charge is -2.18. The summed E-state index contributed by atoms with van der Waals surface area (Å²) in [5, 5.41) is 0. The smallest absolute Gasteiger partial charge is 0.306 e. The van der Waals surface area contributed by atoms with Crippen LogP contribution in [0.3, 0.4) is 0 Å². The molecule has 0 radical (unpaired) electrons. The van der Waals surface area contributed by atoms with E-state index >= 15 is 0 Å². The van der Waals surface area contributed by atoms with Gasteiger partial charge in [-0.3, -0.25) is 14.4 Å². The molecule has 6 nitrogen and oxygen atoms in total.